The lowest BCUT2D eigenvalue weighted by Gasteiger charge is -2.07. The Hall–Kier alpha value is -1.51. The zero-order chi connectivity index (χ0) is 10.8. The maximum atomic E-state index is 10.0. The highest BCUT2D eigenvalue weighted by Crippen LogP contribution is 2.41. The highest BCUT2D eigenvalue weighted by Gasteiger charge is 2.20. The molecule has 4 nitrogen and oxygen atoms in total. The summed E-state index contributed by atoms with van der Waals surface area (Å²) >= 11 is 6.09. The summed E-state index contributed by atoms with van der Waals surface area (Å²) in [4.78, 5) is 13.5. The highest BCUT2D eigenvalue weighted by atomic mass is 35.5. The Labute approximate surface area is 91.5 Å². The Bertz CT molecular complexity index is 452. The van der Waals surface area contributed by atoms with Gasteiger partial charge in [-0.25, -0.2) is 9.79 Å². The van der Waals surface area contributed by atoms with Gasteiger partial charge in [-0.05, 0) is 18.6 Å². The minimum absolute atomic E-state index is 0.201. The van der Waals surface area contributed by atoms with Crippen LogP contribution in [0.5, 0.6) is 11.5 Å². The van der Waals surface area contributed by atoms with Gasteiger partial charge in [0, 0.05) is 5.56 Å². The fourth-order valence-electron chi connectivity index (χ4n) is 1.48. The molecule has 5 heteroatoms. The van der Waals surface area contributed by atoms with Gasteiger partial charge in [0.15, 0.2) is 11.5 Å². The maximum absolute atomic E-state index is 10.0. The summed E-state index contributed by atoms with van der Waals surface area (Å²) < 4.78 is 10.5. The Morgan fingerprint density at radius 3 is 3.13 bits per heavy atom. The van der Waals surface area contributed by atoms with Crippen LogP contribution in [0, 0.1) is 6.92 Å². The minimum Gasteiger partial charge on any atom is -0.454 e. The van der Waals surface area contributed by atoms with Crippen LogP contribution in [0.3, 0.4) is 0 Å². The van der Waals surface area contributed by atoms with Crippen LogP contribution in [-0.4, -0.2) is 12.9 Å². The Morgan fingerprint density at radius 2 is 2.40 bits per heavy atom. The molecule has 1 aliphatic rings. The van der Waals surface area contributed by atoms with Crippen LogP contribution in [0.25, 0.3) is 0 Å². The number of rotatable bonds is 2. The first kappa shape index (κ1) is 10.0. The van der Waals surface area contributed by atoms with Crippen molar-refractivity contribution >= 4 is 17.7 Å². The molecule has 15 heavy (non-hydrogen) atoms. The van der Waals surface area contributed by atoms with E-state index in [0.717, 1.165) is 11.1 Å². The van der Waals surface area contributed by atoms with E-state index < -0.39 is 0 Å². The average Bonchev–Trinajstić information content (AvgIpc) is 2.69. The first-order valence-corrected chi connectivity index (χ1v) is 4.73. The molecule has 78 valence electrons. The fourth-order valence-corrected chi connectivity index (χ4v) is 1.68. The molecule has 0 saturated carbocycles. The first-order valence-electron chi connectivity index (χ1n) is 4.35. The van der Waals surface area contributed by atoms with Crippen LogP contribution in [0.1, 0.15) is 11.1 Å². The number of isocyanates is 1. The lowest BCUT2D eigenvalue weighted by molar-refractivity contribution is 0.173. The first-order chi connectivity index (χ1) is 7.24. The number of halogens is 1. The number of hydrogen-bond acceptors (Lipinski definition) is 4. The fraction of sp³-hybridized carbons (Fsp3) is 0.300. The van der Waals surface area contributed by atoms with Gasteiger partial charge in [0.1, 0.15) is 0 Å². The number of carbonyl (C=O) groups excluding carboxylic acids is 1. The highest BCUT2D eigenvalue weighted by molar-refractivity contribution is 6.32. The van der Waals surface area contributed by atoms with E-state index in [1.807, 2.05) is 6.92 Å². The number of aliphatic imine (C=N–C) groups is 1. The van der Waals surface area contributed by atoms with E-state index in [1.165, 1.54) is 6.08 Å². The van der Waals surface area contributed by atoms with Crippen molar-refractivity contribution in [3.63, 3.8) is 0 Å². The molecule has 0 aromatic heterocycles. The van der Waals surface area contributed by atoms with Crippen molar-refractivity contribution < 1.29 is 14.3 Å². The van der Waals surface area contributed by atoms with Gasteiger partial charge in [-0.15, -0.1) is 0 Å². The van der Waals surface area contributed by atoms with Crippen LogP contribution in [-0.2, 0) is 11.3 Å². The zero-order valence-corrected chi connectivity index (χ0v) is 8.80. The van der Waals surface area contributed by atoms with E-state index >= 15 is 0 Å². The molecule has 0 fully saturated rings. The van der Waals surface area contributed by atoms with Gasteiger partial charge in [-0.2, -0.15) is 0 Å². The van der Waals surface area contributed by atoms with Crippen molar-refractivity contribution in [3.05, 3.63) is 22.2 Å². The molecular formula is C10H8ClNO3. The molecule has 0 saturated heterocycles. The smallest absolute Gasteiger partial charge is 0.235 e. The van der Waals surface area contributed by atoms with E-state index in [2.05, 4.69) is 4.99 Å². The van der Waals surface area contributed by atoms with Crippen molar-refractivity contribution in [2.75, 3.05) is 6.79 Å². The average molecular weight is 226 g/mol. The number of ether oxygens (including phenoxy) is 2. The molecule has 1 aliphatic heterocycles. The summed E-state index contributed by atoms with van der Waals surface area (Å²) in [6.45, 7) is 2.25. The van der Waals surface area contributed by atoms with Crippen LogP contribution >= 0.6 is 11.6 Å². The predicted molar refractivity (Wildman–Crippen MR) is 54.1 cm³/mol. The largest absolute Gasteiger partial charge is 0.454 e. The molecule has 0 bridgehead atoms. The molecule has 0 aliphatic carbocycles. The quantitative estimate of drug-likeness (QED) is 0.573. The second kappa shape index (κ2) is 3.93. The van der Waals surface area contributed by atoms with E-state index in [9.17, 15) is 4.79 Å². The van der Waals surface area contributed by atoms with E-state index in [0.29, 0.717) is 16.5 Å². The Balaban J connectivity index is 2.48. The van der Waals surface area contributed by atoms with Gasteiger partial charge in [0.25, 0.3) is 0 Å². The number of benzene rings is 1. The van der Waals surface area contributed by atoms with Crippen LogP contribution in [0.15, 0.2) is 11.1 Å². The molecule has 0 unspecified atom stereocenters. The predicted octanol–water partition coefficient (Wildman–Crippen LogP) is 2.21. The normalized spacial score (nSPS) is 12.4. The summed E-state index contributed by atoms with van der Waals surface area (Å²) in [5.74, 6) is 1.31. The second-order valence-electron chi connectivity index (χ2n) is 3.12. The molecule has 0 radical (unpaired) electrons. The maximum Gasteiger partial charge on any atom is 0.235 e. The standard InChI is InChI=1S/C10H8ClNO3/c1-6-9(11)7(3-12-4-13)2-8-10(6)15-5-14-8/h2H,3,5H2,1H3. The topological polar surface area (TPSA) is 47.9 Å². The minimum atomic E-state index is 0.201. The van der Waals surface area contributed by atoms with Gasteiger partial charge in [-0.1, -0.05) is 11.6 Å². The van der Waals surface area contributed by atoms with Crippen molar-refractivity contribution in [1.82, 2.24) is 0 Å². The summed E-state index contributed by atoms with van der Waals surface area (Å²) in [6.07, 6.45) is 1.47. The van der Waals surface area contributed by atoms with E-state index in [1.54, 1.807) is 6.07 Å². The summed E-state index contributed by atoms with van der Waals surface area (Å²) in [5, 5.41) is 0.554. The van der Waals surface area contributed by atoms with Gasteiger partial charge in [-0.3, -0.25) is 0 Å². The van der Waals surface area contributed by atoms with Crippen LogP contribution in [0.4, 0.5) is 0 Å². The summed E-state index contributed by atoms with van der Waals surface area (Å²) in [5.41, 5.74) is 1.55. The number of hydrogen-bond donors (Lipinski definition) is 0. The molecule has 0 N–H and O–H groups in total. The van der Waals surface area contributed by atoms with E-state index in [-0.39, 0.29) is 13.3 Å². The molecule has 1 heterocycles. The summed E-state index contributed by atoms with van der Waals surface area (Å²) in [6, 6.07) is 1.73. The Kier molecular flexibility index (Phi) is 2.62. The molecule has 2 rings (SSSR count). The lowest BCUT2D eigenvalue weighted by Crippen LogP contribution is -1.93. The van der Waals surface area contributed by atoms with Gasteiger partial charge >= 0.3 is 0 Å². The Morgan fingerprint density at radius 1 is 1.60 bits per heavy atom. The van der Waals surface area contributed by atoms with Crippen molar-refractivity contribution in [3.8, 4) is 11.5 Å². The van der Waals surface area contributed by atoms with Gasteiger partial charge in [0.05, 0.1) is 11.6 Å². The third-order valence-corrected chi connectivity index (χ3v) is 2.74. The molecule has 0 amide bonds. The molecule has 0 atom stereocenters. The second-order valence-corrected chi connectivity index (χ2v) is 3.49. The molecular weight excluding hydrogens is 218 g/mol. The zero-order valence-electron chi connectivity index (χ0n) is 8.04. The number of fused-ring (bicyclic) bond motifs is 1. The molecule has 1 aromatic carbocycles. The molecule has 1 aromatic rings. The van der Waals surface area contributed by atoms with Crippen molar-refractivity contribution in [1.29, 1.82) is 0 Å². The lowest BCUT2D eigenvalue weighted by atomic mass is 10.1. The van der Waals surface area contributed by atoms with Crippen LogP contribution < -0.4 is 9.47 Å². The van der Waals surface area contributed by atoms with Crippen molar-refractivity contribution in [2.24, 2.45) is 4.99 Å². The number of nitrogens with zero attached hydrogens (tertiary/aromatic N) is 1. The van der Waals surface area contributed by atoms with Gasteiger partial charge < -0.3 is 9.47 Å². The van der Waals surface area contributed by atoms with Crippen molar-refractivity contribution in [2.45, 2.75) is 13.5 Å². The monoisotopic (exact) mass is 225 g/mol. The third-order valence-electron chi connectivity index (χ3n) is 2.21. The van der Waals surface area contributed by atoms with Gasteiger partial charge in [0.2, 0.25) is 12.9 Å². The molecule has 0 spiro atoms. The summed E-state index contributed by atoms with van der Waals surface area (Å²) in [7, 11) is 0. The SMILES string of the molecule is Cc1c(Cl)c(CN=C=O)cc2c1OCO2. The van der Waals surface area contributed by atoms with Crippen LogP contribution in [0.2, 0.25) is 5.02 Å². The van der Waals surface area contributed by atoms with E-state index in [4.69, 9.17) is 21.1 Å². The third kappa shape index (κ3) is 1.69.